The molecule has 0 bridgehead atoms. The molecule has 2 heterocycles. The van der Waals surface area contributed by atoms with Crippen LogP contribution in [0.2, 0.25) is 0 Å². The fourth-order valence-corrected chi connectivity index (χ4v) is 7.37. The monoisotopic (exact) mass is 784 g/mol. The molecule has 4 amide bonds. The second-order valence-corrected chi connectivity index (χ2v) is 14.4. The molecule has 2 aliphatic rings. The molecule has 6 rings (SSSR count). The summed E-state index contributed by atoms with van der Waals surface area (Å²) in [5.41, 5.74) is -11.4. The van der Waals surface area contributed by atoms with Gasteiger partial charge in [-0.25, -0.2) is 4.90 Å². The van der Waals surface area contributed by atoms with Gasteiger partial charge in [-0.1, -0.05) is 18.2 Å². The third-order valence-corrected chi connectivity index (χ3v) is 10.1. The van der Waals surface area contributed by atoms with E-state index in [-0.39, 0.29) is 17.0 Å². The number of imide groups is 2. The summed E-state index contributed by atoms with van der Waals surface area (Å²) in [4.78, 5) is 49.3. The van der Waals surface area contributed by atoms with Gasteiger partial charge in [0.05, 0.1) is 27.9 Å². The van der Waals surface area contributed by atoms with Gasteiger partial charge in [-0.2, -0.15) is 43.2 Å². The molecule has 2 aliphatic heterocycles. The highest BCUT2D eigenvalue weighted by Gasteiger charge is 2.73. The number of nitrogens with one attached hydrogen (secondary N) is 1. The molecule has 3 N–H and O–H groups in total. The van der Waals surface area contributed by atoms with Gasteiger partial charge in [0.2, 0.25) is 5.41 Å². The van der Waals surface area contributed by atoms with Gasteiger partial charge in [-0.15, -0.1) is 0 Å². The molecule has 0 aromatic heterocycles. The van der Waals surface area contributed by atoms with E-state index in [1.54, 1.807) is 5.32 Å². The molecule has 53 heavy (non-hydrogen) atoms. The predicted molar refractivity (Wildman–Crippen MR) is 166 cm³/mol. The van der Waals surface area contributed by atoms with Crippen LogP contribution in [0.4, 0.5) is 32.0 Å². The van der Waals surface area contributed by atoms with Gasteiger partial charge in [0, 0.05) is 0 Å². The molecule has 4 aromatic carbocycles. The molecule has 0 spiro atoms. The summed E-state index contributed by atoms with van der Waals surface area (Å²) in [6.45, 7) is 1.45. The molecular weight excluding hydrogens is 766 g/mol. The summed E-state index contributed by atoms with van der Waals surface area (Å²) in [6, 6.07) is 7.54. The van der Waals surface area contributed by atoms with Gasteiger partial charge in [-0.05, 0) is 78.2 Å². The summed E-state index contributed by atoms with van der Waals surface area (Å²) in [5, 5.41) is 1.76. The van der Waals surface area contributed by atoms with E-state index >= 15 is 0 Å². The number of rotatable bonds is 7. The van der Waals surface area contributed by atoms with Crippen molar-refractivity contribution in [2.45, 2.75) is 34.5 Å². The van der Waals surface area contributed by atoms with Gasteiger partial charge < -0.3 is 4.74 Å². The molecule has 0 saturated carbocycles. The molecule has 4 aromatic rings. The Morgan fingerprint density at radius 1 is 0.604 bits per heavy atom. The minimum absolute atomic E-state index is 0.171. The minimum Gasteiger partial charge on any atom is -0.454 e. The van der Waals surface area contributed by atoms with Crippen molar-refractivity contribution in [1.82, 2.24) is 5.32 Å². The van der Waals surface area contributed by atoms with Gasteiger partial charge >= 0.3 is 12.4 Å². The first kappa shape index (κ1) is 37.1. The maximum atomic E-state index is 14.9. The quantitative estimate of drug-likeness (QED) is 0.124. The zero-order chi connectivity index (χ0) is 39.2. The Labute approximate surface area is 293 Å². The zero-order valence-corrected chi connectivity index (χ0v) is 27.7. The van der Waals surface area contributed by atoms with Crippen molar-refractivity contribution < 1.29 is 76.2 Å². The van der Waals surface area contributed by atoms with Crippen molar-refractivity contribution in [3.63, 3.8) is 0 Å². The zero-order valence-electron chi connectivity index (χ0n) is 26.0. The van der Waals surface area contributed by atoms with Crippen LogP contribution in [0.3, 0.4) is 0 Å². The normalized spacial score (nSPS) is 15.1. The van der Waals surface area contributed by atoms with Crippen LogP contribution in [0.1, 0.15) is 58.1 Å². The van der Waals surface area contributed by atoms with E-state index in [2.05, 4.69) is 0 Å². The molecule has 0 radical (unpaired) electrons. The van der Waals surface area contributed by atoms with Gasteiger partial charge in [0.25, 0.3) is 43.9 Å². The number of hydrogen-bond acceptors (Lipinski definition) is 9. The van der Waals surface area contributed by atoms with Crippen LogP contribution >= 0.6 is 0 Å². The molecule has 0 atom stereocenters. The lowest BCUT2D eigenvalue weighted by Crippen LogP contribution is -2.55. The van der Waals surface area contributed by atoms with Crippen LogP contribution in [0.15, 0.2) is 82.6 Å². The van der Waals surface area contributed by atoms with Crippen LogP contribution in [0.5, 0.6) is 11.5 Å². The number of halogens is 6. The number of amides is 4. The predicted octanol–water partition coefficient (Wildman–Crippen LogP) is 5.38. The smallest absolute Gasteiger partial charge is 0.411 e. The molecular formula is C32H18F6N2O11S2. The van der Waals surface area contributed by atoms with Crippen molar-refractivity contribution in [3.05, 3.63) is 112 Å². The highest BCUT2D eigenvalue weighted by atomic mass is 32.2. The number of carbonyl (C=O) groups excluding carboxylic acids is 4. The van der Waals surface area contributed by atoms with Crippen molar-refractivity contribution >= 4 is 49.6 Å². The number of benzene rings is 4. The summed E-state index contributed by atoms with van der Waals surface area (Å²) in [5.74, 6) is -6.60. The maximum absolute atomic E-state index is 14.9. The summed E-state index contributed by atoms with van der Waals surface area (Å²) in [7, 11) is -10.3. The first-order valence-electron chi connectivity index (χ1n) is 14.4. The van der Waals surface area contributed by atoms with Gasteiger partial charge in [-0.3, -0.25) is 33.6 Å². The second-order valence-electron chi connectivity index (χ2n) is 11.6. The first-order valence-corrected chi connectivity index (χ1v) is 17.3. The van der Waals surface area contributed by atoms with Crippen molar-refractivity contribution in [2.24, 2.45) is 0 Å². The first-order chi connectivity index (χ1) is 24.4. The lowest BCUT2D eigenvalue weighted by atomic mass is 9.71. The van der Waals surface area contributed by atoms with Crippen LogP contribution in [-0.4, -0.2) is 61.9 Å². The third-order valence-electron chi connectivity index (χ3n) is 8.40. The van der Waals surface area contributed by atoms with E-state index in [0.29, 0.717) is 35.9 Å². The fourth-order valence-electron chi connectivity index (χ4n) is 6.03. The molecule has 0 aliphatic carbocycles. The van der Waals surface area contributed by atoms with Crippen molar-refractivity contribution in [1.29, 1.82) is 0 Å². The molecule has 21 heteroatoms. The Balaban J connectivity index is 1.47. The average molecular weight is 785 g/mol. The van der Waals surface area contributed by atoms with Gasteiger partial charge in [0.1, 0.15) is 21.3 Å². The summed E-state index contributed by atoms with van der Waals surface area (Å²) >= 11 is 0. The standard InChI is InChI=1S/C32H18F6N2O11S2/c1-14-2-8-22(24(10-14)52(45,46)47)51-23-9-5-17(13-25(23)53(48,49)50)40-28(43)19-7-4-16(12-21(19)29(40)44)30(31(33,34)35,32(36,37)38)15-3-6-18-20(11-15)27(42)39-26(18)41/h2-13H,1H3,(H,39,41,42)(H,45,46,47)(H,48,49,50). The van der Waals surface area contributed by atoms with E-state index in [0.717, 1.165) is 24.3 Å². The van der Waals surface area contributed by atoms with Crippen LogP contribution in [0, 0.1) is 6.92 Å². The topological polar surface area (TPSA) is 202 Å². The van der Waals surface area contributed by atoms with E-state index in [9.17, 15) is 71.5 Å². The maximum Gasteiger partial charge on any atom is 0.411 e. The second kappa shape index (κ2) is 11.9. The Morgan fingerprint density at radius 2 is 1.08 bits per heavy atom. The SMILES string of the molecule is Cc1ccc(Oc2ccc(N3C(=O)c4ccc(C(c5ccc6c(c5)C(=O)NC6=O)(C(F)(F)F)C(F)(F)F)cc4C3=O)cc2S(=O)(=O)O)c(S(=O)(=O)O)c1. The lowest BCUT2D eigenvalue weighted by Gasteiger charge is -2.38. The lowest BCUT2D eigenvalue weighted by molar-refractivity contribution is -0.288. The highest BCUT2D eigenvalue weighted by Crippen LogP contribution is 2.57. The van der Waals surface area contributed by atoms with E-state index < -0.39 is 122 Å². The Kier molecular flexibility index (Phi) is 8.37. The minimum atomic E-state index is -6.22. The van der Waals surface area contributed by atoms with E-state index in [1.165, 1.54) is 13.0 Å². The molecule has 0 unspecified atom stereocenters. The molecule has 0 saturated heterocycles. The third kappa shape index (κ3) is 5.90. The number of ether oxygens (including phenoxy) is 1. The van der Waals surface area contributed by atoms with Crippen LogP contribution < -0.4 is 15.0 Å². The van der Waals surface area contributed by atoms with Crippen LogP contribution in [-0.2, 0) is 25.7 Å². The van der Waals surface area contributed by atoms with Crippen molar-refractivity contribution in [2.75, 3.05) is 4.90 Å². The number of anilines is 1. The average Bonchev–Trinajstić information content (AvgIpc) is 3.46. The largest absolute Gasteiger partial charge is 0.454 e. The number of nitrogens with zero attached hydrogens (tertiary/aromatic N) is 1. The fraction of sp³-hybridized carbons (Fsp3) is 0.125. The number of fused-ring (bicyclic) bond motifs is 2. The van der Waals surface area contributed by atoms with Crippen LogP contribution in [0.25, 0.3) is 0 Å². The van der Waals surface area contributed by atoms with E-state index in [4.69, 9.17) is 4.74 Å². The molecule has 276 valence electrons. The Bertz CT molecular complexity index is 2540. The van der Waals surface area contributed by atoms with Crippen molar-refractivity contribution in [3.8, 4) is 11.5 Å². The van der Waals surface area contributed by atoms with Gasteiger partial charge in [0.15, 0.2) is 0 Å². The Morgan fingerprint density at radius 3 is 1.62 bits per heavy atom. The Hall–Kier alpha value is -5.64. The molecule has 0 fully saturated rings. The summed E-state index contributed by atoms with van der Waals surface area (Å²) < 4.78 is 163. The number of aryl methyl sites for hydroxylation is 1. The van der Waals surface area contributed by atoms with E-state index in [1.807, 2.05) is 0 Å². The number of alkyl halides is 6. The summed E-state index contributed by atoms with van der Waals surface area (Å²) in [6.07, 6.45) is -12.4. The molecule has 13 nitrogen and oxygen atoms in total. The number of hydrogen-bond donors (Lipinski definition) is 3. The highest BCUT2D eigenvalue weighted by molar-refractivity contribution is 7.86. The number of carbonyl (C=O) groups is 4.